The van der Waals surface area contributed by atoms with E-state index in [9.17, 15) is 9.18 Å². The number of nitrogens with one attached hydrogen (secondary N) is 1. The summed E-state index contributed by atoms with van der Waals surface area (Å²) < 4.78 is 13.8. The van der Waals surface area contributed by atoms with Gasteiger partial charge in [0.2, 0.25) is 0 Å². The molecular weight excluding hydrogens is 343 g/mol. The maximum absolute atomic E-state index is 13.3. The van der Waals surface area contributed by atoms with Gasteiger partial charge in [-0.3, -0.25) is 9.69 Å². The molecule has 3 nitrogen and oxygen atoms in total. The number of carbonyl (C=O) groups excluding carboxylic acids is 1. The zero-order valence-electron chi connectivity index (χ0n) is 13.0. The maximum Gasteiger partial charge on any atom is 0.267 e. The first-order valence-corrected chi connectivity index (χ1v) is 8.57. The van der Waals surface area contributed by atoms with Crippen molar-refractivity contribution in [2.75, 3.05) is 12.0 Å². The molecule has 0 radical (unpaired) electrons. The Morgan fingerprint density at radius 1 is 1.25 bits per heavy atom. The van der Waals surface area contributed by atoms with Crippen molar-refractivity contribution < 1.29 is 9.18 Å². The standard InChI is InChI=1S/C18H15FN2OS2/c1-12-5-2-3-8-15(12)20-11-21-17(22)16(24-18(21)23)10-13-6-4-7-14(19)9-13/h2-10,20H,11H2,1H3/b16-10+. The summed E-state index contributed by atoms with van der Waals surface area (Å²) in [5, 5.41) is 3.23. The zero-order valence-corrected chi connectivity index (χ0v) is 14.6. The lowest BCUT2D eigenvalue weighted by Crippen LogP contribution is -2.33. The number of thiocarbonyl (C=S) groups is 1. The number of aryl methyl sites for hydroxylation is 1. The first-order valence-electron chi connectivity index (χ1n) is 7.35. The minimum Gasteiger partial charge on any atom is -0.367 e. The summed E-state index contributed by atoms with van der Waals surface area (Å²) in [6, 6.07) is 14.0. The molecule has 1 saturated heterocycles. The molecule has 1 amide bonds. The summed E-state index contributed by atoms with van der Waals surface area (Å²) in [7, 11) is 0. The van der Waals surface area contributed by atoms with Gasteiger partial charge in [0.15, 0.2) is 0 Å². The molecule has 0 bridgehead atoms. The van der Waals surface area contributed by atoms with Crippen molar-refractivity contribution in [1.82, 2.24) is 4.90 Å². The Morgan fingerprint density at radius 3 is 2.79 bits per heavy atom. The third-order valence-corrected chi connectivity index (χ3v) is 4.97. The summed E-state index contributed by atoms with van der Waals surface area (Å²) in [5.74, 6) is -0.504. The van der Waals surface area contributed by atoms with Gasteiger partial charge in [-0.25, -0.2) is 4.39 Å². The Labute approximate surface area is 149 Å². The van der Waals surface area contributed by atoms with E-state index in [2.05, 4.69) is 5.32 Å². The number of hydrogen-bond donors (Lipinski definition) is 1. The van der Waals surface area contributed by atoms with Crippen LogP contribution in [0.25, 0.3) is 6.08 Å². The van der Waals surface area contributed by atoms with Gasteiger partial charge in [0.25, 0.3) is 5.91 Å². The van der Waals surface area contributed by atoms with Crippen molar-refractivity contribution in [2.24, 2.45) is 0 Å². The molecule has 3 rings (SSSR count). The van der Waals surface area contributed by atoms with E-state index < -0.39 is 0 Å². The zero-order chi connectivity index (χ0) is 17.1. The largest absolute Gasteiger partial charge is 0.367 e. The summed E-state index contributed by atoms with van der Waals surface area (Å²) in [6.45, 7) is 2.30. The van der Waals surface area contributed by atoms with Gasteiger partial charge in [0, 0.05) is 5.69 Å². The van der Waals surface area contributed by atoms with Gasteiger partial charge in [-0.15, -0.1) is 0 Å². The van der Waals surface area contributed by atoms with E-state index >= 15 is 0 Å². The highest BCUT2D eigenvalue weighted by Crippen LogP contribution is 2.32. The van der Waals surface area contributed by atoms with Crippen molar-refractivity contribution in [3.05, 3.63) is 70.4 Å². The third kappa shape index (κ3) is 3.66. The van der Waals surface area contributed by atoms with E-state index in [1.54, 1.807) is 18.2 Å². The number of para-hydroxylation sites is 1. The van der Waals surface area contributed by atoms with Gasteiger partial charge >= 0.3 is 0 Å². The van der Waals surface area contributed by atoms with Crippen LogP contribution in [0.1, 0.15) is 11.1 Å². The topological polar surface area (TPSA) is 32.3 Å². The Morgan fingerprint density at radius 2 is 2.04 bits per heavy atom. The second-order valence-electron chi connectivity index (χ2n) is 5.31. The lowest BCUT2D eigenvalue weighted by molar-refractivity contribution is -0.121. The molecule has 6 heteroatoms. The molecule has 0 aromatic heterocycles. The Kier molecular flexibility index (Phi) is 4.97. The molecule has 0 aliphatic carbocycles. The van der Waals surface area contributed by atoms with Gasteiger partial charge in [-0.2, -0.15) is 0 Å². The van der Waals surface area contributed by atoms with E-state index in [0.29, 0.717) is 21.5 Å². The Balaban J connectivity index is 1.73. The quantitative estimate of drug-likeness (QED) is 0.648. The van der Waals surface area contributed by atoms with Gasteiger partial charge < -0.3 is 5.32 Å². The average molecular weight is 358 g/mol. The Bertz CT molecular complexity index is 835. The number of amides is 1. The molecule has 0 unspecified atom stereocenters. The van der Waals surface area contributed by atoms with E-state index in [-0.39, 0.29) is 11.7 Å². The number of carbonyl (C=O) groups is 1. The number of anilines is 1. The van der Waals surface area contributed by atoms with Crippen LogP contribution in [0.2, 0.25) is 0 Å². The van der Waals surface area contributed by atoms with Gasteiger partial charge in [-0.1, -0.05) is 54.3 Å². The number of halogens is 1. The van der Waals surface area contributed by atoms with Crippen LogP contribution in [-0.2, 0) is 4.79 Å². The molecule has 1 aliphatic rings. The van der Waals surface area contributed by atoms with Crippen LogP contribution in [0, 0.1) is 12.7 Å². The molecule has 1 N–H and O–H groups in total. The van der Waals surface area contributed by atoms with E-state index in [1.807, 2.05) is 31.2 Å². The first kappa shape index (κ1) is 16.7. The number of rotatable bonds is 4. The molecule has 24 heavy (non-hydrogen) atoms. The van der Waals surface area contributed by atoms with Crippen molar-refractivity contribution in [3.63, 3.8) is 0 Å². The summed E-state index contributed by atoms with van der Waals surface area (Å²) in [5.41, 5.74) is 2.70. The van der Waals surface area contributed by atoms with Crippen LogP contribution < -0.4 is 5.32 Å². The number of hydrogen-bond acceptors (Lipinski definition) is 4. The minimum absolute atomic E-state index is 0.171. The van der Waals surface area contributed by atoms with E-state index in [4.69, 9.17) is 12.2 Å². The van der Waals surface area contributed by atoms with Crippen LogP contribution in [0.5, 0.6) is 0 Å². The molecule has 122 valence electrons. The normalized spacial score (nSPS) is 16.1. The SMILES string of the molecule is Cc1ccccc1NCN1C(=O)/C(=C\c2cccc(F)c2)SC1=S. The summed E-state index contributed by atoms with van der Waals surface area (Å²) in [4.78, 5) is 14.5. The molecule has 1 fully saturated rings. The molecule has 1 heterocycles. The molecule has 0 spiro atoms. The van der Waals surface area contributed by atoms with Crippen LogP contribution in [0.15, 0.2) is 53.4 Å². The second kappa shape index (κ2) is 7.15. The molecule has 0 atom stereocenters. The third-order valence-electron chi connectivity index (χ3n) is 3.59. The highest BCUT2D eigenvalue weighted by Gasteiger charge is 2.31. The lowest BCUT2D eigenvalue weighted by Gasteiger charge is -2.17. The minimum atomic E-state index is -0.333. The number of benzene rings is 2. The van der Waals surface area contributed by atoms with E-state index in [0.717, 1.165) is 11.3 Å². The van der Waals surface area contributed by atoms with Crippen LogP contribution in [0.4, 0.5) is 10.1 Å². The molecule has 1 aliphatic heterocycles. The molecule has 2 aromatic carbocycles. The monoisotopic (exact) mass is 358 g/mol. The Hall–Kier alpha value is -2.18. The first-order chi connectivity index (χ1) is 11.5. The van der Waals surface area contributed by atoms with Crippen molar-refractivity contribution in [3.8, 4) is 0 Å². The average Bonchev–Trinajstić information content (AvgIpc) is 2.81. The highest BCUT2D eigenvalue weighted by molar-refractivity contribution is 8.26. The fourth-order valence-electron chi connectivity index (χ4n) is 2.32. The fraction of sp³-hybridized carbons (Fsp3) is 0.111. The number of thioether (sulfide) groups is 1. The fourth-order valence-corrected chi connectivity index (χ4v) is 3.57. The molecule has 2 aromatic rings. The van der Waals surface area contributed by atoms with Crippen molar-refractivity contribution in [2.45, 2.75) is 6.92 Å². The smallest absolute Gasteiger partial charge is 0.267 e. The van der Waals surface area contributed by atoms with Gasteiger partial charge in [-0.05, 0) is 42.3 Å². The van der Waals surface area contributed by atoms with Crippen LogP contribution >= 0.6 is 24.0 Å². The predicted octanol–water partition coefficient (Wildman–Crippen LogP) is 4.40. The second-order valence-corrected chi connectivity index (χ2v) is 6.99. The van der Waals surface area contributed by atoms with Crippen molar-refractivity contribution >= 4 is 46.0 Å². The van der Waals surface area contributed by atoms with Crippen LogP contribution in [0.3, 0.4) is 0 Å². The highest BCUT2D eigenvalue weighted by atomic mass is 32.2. The van der Waals surface area contributed by atoms with Gasteiger partial charge in [0.05, 0.1) is 11.6 Å². The maximum atomic E-state index is 13.3. The lowest BCUT2D eigenvalue weighted by atomic mass is 10.2. The summed E-state index contributed by atoms with van der Waals surface area (Å²) >= 11 is 6.53. The number of nitrogens with zero attached hydrogens (tertiary/aromatic N) is 1. The summed E-state index contributed by atoms with van der Waals surface area (Å²) in [6.07, 6.45) is 1.66. The van der Waals surface area contributed by atoms with Gasteiger partial charge in [0.1, 0.15) is 10.1 Å². The van der Waals surface area contributed by atoms with Crippen LogP contribution in [-0.4, -0.2) is 21.8 Å². The van der Waals surface area contributed by atoms with Crippen molar-refractivity contribution in [1.29, 1.82) is 0 Å². The molecule has 0 saturated carbocycles. The molecular formula is C18H15FN2OS2. The predicted molar refractivity (Wildman–Crippen MR) is 101 cm³/mol. The van der Waals surface area contributed by atoms with E-state index in [1.165, 1.54) is 28.8 Å².